The molecule has 15 heavy (non-hydrogen) atoms. The van der Waals surface area contributed by atoms with E-state index in [2.05, 4.69) is 17.4 Å². The van der Waals surface area contributed by atoms with Crippen LogP contribution >= 0.6 is 12.4 Å². The summed E-state index contributed by atoms with van der Waals surface area (Å²) in [4.78, 5) is 0. The first kappa shape index (κ1) is 12.5. The van der Waals surface area contributed by atoms with Gasteiger partial charge in [0.25, 0.3) is 0 Å². The maximum atomic E-state index is 9.60. The Morgan fingerprint density at radius 1 is 1.20 bits per heavy atom. The molecule has 3 heteroatoms. The molecule has 0 bridgehead atoms. The molecule has 0 amide bonds. The van der Waals surface area contributed by atoms with Crippen molar-refractivity contribution in [1.82, 2.24) is 5.32 Å². The number of aliphatic hydroxyl groups is 1. The summed E-state index contributed by atoms with van der Waals surface area (Å²) in [7, 11) is 0. The molecule has 0 heterocycles. The molecule has 1 aliphatic carbocycles. The first-order valence-electron chi connectivity index (χ1n) is 5.31. The average Bonchev–Trinajstić information content (AvgIpc) is 2.63. The molecule has 1 aliphatic rings. The van der Waals surface area contributed by atoms with E-state index in [1.165, 1.54) is 5.56 Å². The van der Waals surface area contributed by atoms with Gasteiger partial charge in [-0.2, -0.15) is 0 Å². The van der Waals surface area contributed by atoms with E-state index in [-0.39, 0.29) is 18.5 Å². The van der Waals surface area contributed by atoms with Crippen LogP contribution in [0.2, 0.25) is 0 Å². The zero-order valence-corrected chi connectivity index (χ0v) is 9.54. The lowest BCUT2D eigenvalue weighted by Crippen LogP contribution is -2.34. The van der Waals surface area contributed by atoms with Crippen molar-refractivity contribution < 1.29 is 5.11 Å². The van der Waals surface area contributed by atoms with Crippen LogP contribution in [0.15, 0.2) is 30.3 Å². The molecular weight excluding hydrogens is 210 g/mol. The summed E-state index contributed by atoms with van der Waals surface area (Å²) in [5.41, 5.74) is 1.28. The molecule has 0 saturated heterocycles. The summed E-state index contributed by atoms with van der Waals surface area (Å²) in [6, 6.07) is 10.6. The van der Waals surface area contributed by atoms with Crippen molar-refractivity contribution in [2.24, 2.45) is 0 Å². The van der Waals surface area contributed by atoms with Crippen molar-refractivity contribution in [3.8, 4) is 0 Å². The van der Waals surface area contributed by atoms with Crippen LogP contribution in [0.5, 0.6) is 0 Å². The Balaban J connectivity index is 0.00000112. The Hall–Kier alpha value is -0.570. The van der Waals surface area contributed by atoms with Gasteiger partial charge in [0.15, 0.2) is 0 Å². The van der Waals surface area contributed by atoms with Crippen molar-refractivity contribution in [3.05, 3.63) is 35.9 Å². The highest BCUT2D eigenvalue weighted by Gasteiger charge is 2.24. The van der Waals surface area contributed by atoms with E-state index in [1.54, 1.807) is 0 Å². The van der Waals surface area contributed by atoms with E-state index in [9.17, 15) is 5.11 Å². The van der Waals surface area contributed by atoms with Gasteiger partial charge in [-0.05, 0) is 24.8 Å². The molecule has 1 fully saturated rings. The van der Waals surface area contributed by atoms with Crippen molar-refractivity contribution in [2.75, 3.05) is 0 Å². The maximum Gasteiger partial charge on any atom is 0.0693 e. The molecule has 1 aromatic carbocycles. The van der Waals surface area contributed by atoms with E-state index in [0.29, 0.717) is 6.04 Å². The van der Waals surface area contributed by atoms with Crippen LogP contribution in [0.25, 0.3) is 0 Å². The van der Waals surface area contributed by atoms with E-state index >= 15 is 0 Å². The molecule has 84 valence electrons. The van der Waals surface area contributed by atoms with Gasteiger partial charge >= 0.3 is 0 Å². The van der Waals surface area contributed by atoms with Crippen molar-refractivity contribution in [1.29, 1.82) is 0 Å². The molecule has 1 aromatic rings. The number of aliphatic hydroxyl groups excluding tert-OH is 1. The molecule has 0 radical (unpaired) electrons. The lowest BCUT2D eigenvalue weighted by atomic mass is 10.2. The van der Waals surface area contributed by atoms with Gasteiger partial charge in [0, 0.05) is 12.6 Å². The largest absolute Gasteiger partial charge is 0.392 e. The highest BCUT2D eigenvalue weighted by molar-refractivity contribution is 5.85. The summed E-state index contributed by atoms with van der Waals surface area (Å²) < 4.78 is 0. The topological polar surface area (TPSA) is 32.3 Å². The Labute approximate surface area is 97.1 Å². The normalized spacial score (nSPS) is 24.9. The average molecular weight is 228 g/mol. The van der Waals surface area contributed by atoms with Crippen LogP contribution < -0.4 is 5.32 Å². The number of hydrogen-bond donors (Lipinski definition) is 2. The summed E-state index contributed by atoms with van der Waals surface area (Å²) in [5.74, 6) is 0. The summed E-state index contributed by atoms with van der Waals surface area (Å²) in [5, 5.41) is 13.0. The van der Waals surface area contributed by atoms with Gasteiger partial charge in [0.1, 0.15) is 0 Å². The fraction of sp³-hybridized carbons (Fsp3) is 0.500. The van der Waals surface area contributed by atoms with Gasteiger partial charge in [-0.1, -0.05) is 30.3 Å². The second kappa shape index (κ2) is 6.11. The maximum absolute atomic E-state index is 9.60. The standard InChI is InChI=1S/C12H17NO.ClH/c14-12-8-4-7-11(12)13-9-10-5-2-1-3-6-10;/h1-3,5-6,11-14H,4,7-9H2;1H/t11-,12+;/m0./s1. The van der Waals surface area contributed by atoms with Crippen LogP contribution in [-0.2, 0) is 6.54 Å². The molecule has 0 aromatic heterocycles. The Bertz CT molecular complexity index is 278. The first-order valence-corrected chi connectivity index (χ1v) is 5.31. The fourth-order valence-corrected chi connectivity index (χ4v) is 2.02. The molecule has 0 unspecified atom stereocenters. The van der Waals surface area contributed by atoms with Crippen LogP contribution in [0, 0.1) is 0 Å². The molecular formula is C12H18ClNO. The fourth-order valence-electron chi connectivity index (χ4n) is 2.02. The smallest absolute Gasteiger partial charge is 0.0693 e. The summed E-state index contributed by atoms with van der Waals surface area (Å²) in [6.07, 6.45) is 3.06. The van der Waals surface area contributed by atoms with Crippen molar-refractivity contribution in [2.45, 2.75) is 38.0 Å². The molecule has 0 aliphatic heterocycles. The number of benzene rings is 1. The predicted octanol–water partition coefficient (Wildman–Crippen LogP) is 2.11. The van der Waals surface area contributed by atoms with Gasteiger partial charge in [0.05, 0.1) is 6.10 Å². The van der Waals surface area contributed by atoms with Gasteiger partial charge < -0.3 is 10.4 Å². The molecule has 1 saturated carbocycles. The highest BCUT2D eigenvalue weighted by atomic mass is 35.5. The van der Waals surface area contributed by atoms with Crippen molar-refractivity contribution >= 4 is 12.4 Å². The van der Waals surface area contributed by atoms with Gasteiger partial charge in [-0.25, -0.2) is 0 Å². The number of nitrogens with one attached hydrogen (secondary N) is 1. The number of rotatable bonds is 3. The van der Waals surface area contributed by atoms with Crippen molar-refractivity contribution in [3.63, 3.8) is 0 Å². The number of hydrogen-bond acceptors (Lipinski definition) is 2. The third-order valence-electron chi connectivity index (χ3n) is 2.89. The molecule has 2 N–H and O–H groups in total. The SMILES string of the molecule is Cl.O[C@@H]1CCC[C@@H]1NCc1ccccc1. The second-order valence-electron chi connectivity index (χ2n) is 3.97. The zero-order chi connectivity index (χ0) is 9.80. The third kappa shape index (κ3) is 3.49. The van der Waals surface area contributed by atoms with Gasteiger partial charge in [-0.3, -0.25) is 0 Å². The Morgan fingerprint density at radius 3 is 2.53 bits per heavy atom. The second-order valence-corrected chi connectivity index (χ2v) is 3.97. The monoisotopic (exact) mass is 227 g/mol. The van der Waals surface area contributed by atoms with E-state index < -0.39 is 0 Å². The minimum Gasteiger partial charge on any atom is -0.392 e. The zero-order valence-electron chi connectivity index (χ0n) is 8.73. The molecule has 0 spiro atoms. The van der Waals surface area contributed by atoms with Gasteiger partial charge in [-0.15, -0.1) is 12.4 Å². The van der Waals surface area contributed by atoms with Crippen LogP contribution in [0.3, 0.4) is 0 Å². The lowest BCUT2D eigenvalue weighted by molar-refractivity contribution is 0.148. The van der Waals surface area contributed by atoms with Crippen LogP contribution in [-0.4, -0.2) is 17.3 Å². The quantitative estimate of drug-likeness (QED) is 0.829. The van der Waals surface area contributed by atoms with E-state index in [0.717, 1.165) is 25.8 Å². The van der Waals surface area contributed by atoms with E-state index in [1.807, 2.05) is 18.2 Å². The highest BCUT2D eigenvalue weighted by Crippen LogP contribution is 2.19. The lowest BCUT2D eigenvalue weighted by Gasteiger charge is -2.16. The van der Waals surface area contributed by atoms with Gasteiger partial charge in [0.2, 0.25) is 0 Å². The third-order valence-corrected chi connectivity index (χ3v) is 2.89. The summed E-state index contributed by atoms with van der Waals surface area (Å²) in [6.45, 7) is 0.864. The molecule has 2 atom stereocenters. The summed E-state index contributed by atoms with van der Waals surface area (Å²) >= 11 is 0. The minimum absolute atomic E-state index is 0. The predicted molar refractivity (Wildman–Crippen MR) is 64.2 cm³/mol. The Kier molecular flexibility index (Phi) is 5.09. The van der Waals surface area contributed by atoms with Crippen LogP contribution in [0.4, 0.5) is 0 Å². The Morgan fingerprint density at radius 2 is 1.93 bits per heavy atom. The minimum atomic E-state index is -0.140. The van der Waals surface area contributed by atoms with Crippen LogP contribution in [0.1, 0.15) is 24.8 Å². The molecule has 2 rings (SSSR count). The van der Waals surface area contributed by atoms with E-state index in [4.69, 9.17) is 0 Å². The number of halogens is 1. The first-order chi connectivity index (χ1) is 6.86. The molecule has 2 nitrogen and oxygen atoms in total.